The number of nitrogens with zero attached hydrogens (tertiary/aromatic N) is 2. The van der Waals surface area contributed by atoms with Gasteiger partial charge in [0.1, 0.15) is 11.6 Å². The van der Waals surface area contributed by atoms with Crippen molar-refractivity contribution < 1.29 is 27.4 Å². The molecule has 1 aromatic heterocycles. The summed E-state index contributed by atoms with van der Waals surface area (Å²) in [6.07, 6.45) is -4.94. The van der Waals surface area contributed by atoms with Crippen LogP contribution in [-0.4, -0.2) is 34.7 Å². The third-order valence-electron chi connectivity index (χ3n) is 6.02. The molecule has 0 saturated heterocycles. The first-order valence-corrected chi connectivity index (χ1v) is 11.0. The van der Waals surface area contributed by atoms with Crippen molar-refractivity contribution in [3.05, 3.63) is 64.1 Å². The molecule has 1 N–H and O–H groups in total. The Morgan fingerprint density at radius 1 is 1.18 bits per heavy atom. The smallest absolute Gasteiger partial charge is 0.422 e. The van der Waals surface area contributed by atoms with Crippen LogP contribution in [0, 0.1) is 12.7 Å². The number of hydrogen-bond acceptors (Lipinski definition) is 4. The van der Waals surface area contributed by atoms with Crippen LogP contribution < -0.4 is 4.74 Å². The van der Waals surface area contributed by atoms with Gasteiger partial charge in [0, 0.05) is 34.8 Å². The lowest BCUT2D eigenvalue weighted by atomic mass is 9.74. The molecule has 1 aliphatic heterocycles. The van der Waals surface area contributed by atoms with Crippen molar-refractivity contribution in [1.82, 2.24) is 4.98 Å². The molecule has 1 atom stereocenters. The molecule has 0 fully saturated rings. The van der Waals surface area contributed by atoms with Crippen molar-refractivity contribution in [1.29, 1.82) is 0 Å². The van der Waals surface area contributed by atoms with Gasteiger partial charge in [0.15, 0.2) is 5.60 Å². The fourth-order valence-electron chi connectivity index (χ4n) is 4.33. The minimum atomic E-state index is -5.06. The standard InChI is InChI=1S/C25H23ClF4N2O2/c1-14-4-5-17-20(32-14)7-6-19(26)21(17)31-13-24(33,25(28,29)30)12-23(2,3)18-11-16(27)10-15-8-9-34-22(15)18/h4-7,10-11,13,33H,8-9,12H2,1-3H3. The molecule has 1 aliphatic rings. The fourth-order valence-corrected chi connectivity index (χ4v) is 4.54. The Kier molecular flexibility index (Phi) is 6.10. The van der Waals surface area contributed by atoms with Crippen molar-refractivity contribution in [2.75, 3.05) is 6.61 Å². The molecular formula is C25H23ClF4N2O2. The van der Waals surface area contributed by atoms with E-state index in [9.17, 15) is 22.7 Å². The molecule has 4 nitrogen and oxygen atoms in total. The molecule has 0 radical (unpaired) electrons. The number of fused-ring (bicyclic) bond motifs is 2. The van der Waals surface area contributed by atoms with Crippen molar-refractivity contribution in [2.24, 2.45) is 4.99 Å². The predicted octanol–water partition coefficient (Wildman–Crippen LogP) is 6.63. The topological polar surface area (TPSA) is 54.7 Å². The van der Waals surface area contributed by atoms with Gasteiger partial charge in [-0.1, -0.05) is 25.4 Å². The van der Waals surface area contributed by atoms with Gasteiger partial charge in [-0.15, -0.1) is 0 Å². The molecule has 180 valence electrons. The van der Waals surface area contributed by atoms with Gasteiger partial charge in [-0.05, 0) is 55.2 Å². The van der Waals surface area contributed by atoms with Crippen molar-refractivity contribution in [3.63, 3.8) is 0 Å². The van der Waals surface area contributed by atoms with E-state index < -0.39 is 29.4 Å². The van der Waals surface area contributed by atoms with Crippen molar-refractivity contribution >= 4 is 34.4 Å². The van der Waals surface area contributed by atoms with Crippen molar-refractivity contribution in [3.8, 4) is 5.75 Å². The Hall–Kier alpha value is -2.71. The summed E-state index contributed by atoms with van der Waals surface area (Å²) in [6.45, 7) is 5.12. The Balaban J connectivity index is 1.77. The van der Waals surface area contributed by atoms with E-state index in [0.29, 0.717) is 41.5 Å². The van der Waals surface area contributed by atoms with E-state index >= 15 is 0 Å². The molecule has 0 spiro atoms. The highest BCUT2D eigenvalue weighted by molar-refractivity contribution is 6.34. The number of ether oxygens (including phenoxy) is 1. The van der Waals surface area contributed by atoms with Gasteiger partial charge in [-0.25, -0.2) is 4.39 Å². The fraction of sp³-hybridized carbons (Fsp3) is 0.360. The summed E-state index contributed by atoms with van der Waals surface area (Å²) >= 11 is 6.23. The highest BCUT2D eigenvalue weighted by Crippen LogP contribution is 2.45. The van der Waals surface area contributed by atoms with E-state index in [1.54, 1.807) is 25.1 Å². The lowest BCUT2D eigenvalue weighted by Crippen LogP contribution is -2.50. The van der Waals surface area contributed by atoms with E-state index in [-0.39, 0.29) is 16.3 Å². The van der Waals surface area contributed by atoms with E-state index in [1.807, 2.05) is 0 Å². The number of benzene rings is 2. The second-order valence-electron chi connectivity index (χ2n) is 9.20. The number of hydrogen-bond donors (Lipinski definition) is 1. The van der Waals surface area contributed by atoms with Crippen LogP contribution in [0.25, 0.3) is 10.9 Å². The number of aromatic nitrogens is 1. The molecule has 0 amide bonds. The van der Waals surface area contributed by atoms with Gasteiger partial charge in [-0.3, -0.25) is 9.98 Å². The van der Waals surface area contributed by atoms with Crippen molar-refractivity contribution in [2.45, 2.75) is 50.8 Å². The second-order valence-corrected chi connectivity index (χ2v) is 9.60. The van der Waals surface area contributed by atoms with Gasteiger partial charge in [0.2, 0.25) is 0 Å². The normalized spacial score (nSPS) is 16.0. The molecule has 34 heavy (non-hydrogen) atoms. The van der Waals surface area contributed by atoms with Gasteiger partial charge >= 0.3 is 6.18 Å². The molecule has 3 aromatic rings. The number of aliphatic hydroxyl groups is 1. The van der Waals surface area contributed by atoms with Crippen LogP contribution in [0.3, 0.4) is 0 Å². The average molecular weight is 495 g/mol. The Bertz CT molecular complexity index is 1290. The Morgan fingerprint density at radius 3 is 2.62 bits per heavy atom. The lowest BCUT2D eigenvalue weighted by Gasteiger charge is -2.36. The molecule has 9 heteroatoms. The highest BCUT2D eigenvalue weighted by atomic mass is 35.5. The number of aliphatic imine (C=N–C) groups is 1. The maximum atomic E-state index is 14.2. The minimum absolute atomic E-state index is 0.0714. The van der Waals surface area contributed by atoms with Crippen LogP contribution >= 0.6 is 11.6 Å². The number of aryl methyl sites for hydroxylation is 1. The molecule has 0 aliphatic carbocycles. The molecular weight excluding hydrogens is 472 g/mol. The van der Waals surface area contributed by atoms with E-state index in [0.717, 1.165) is 11.8 Å². The first-order valence-electron chi connectivity index (χ1n) is 10.7. The van der Waals surface area contributed by atoms with Crippen LogP contribution in [0.2, 0.25) is 5.02 Å². The lowest BCUT2D eigenvalue weighted by molar-refractivity contribution is -0.234. The maximum absolute atomic E-state index is 14.2. The van der Waals surface area contributed by atoms with Crippen LogP contribution in [0.1, 0.15) is 37.1 Å². The Morgan fingerprint density at radius 2 is 1.91 bits per heavy atom. The summed E-state index contributed by atoms with van der Waals surface area (Å²) in [7, 11) is 0. The summed E-state index contributed by atoms with van der Waals surface area (Å²) in [5.74, 6) is -0.201. The van der Waals surface area contributed by atoms with Crippen LogP contribution in [-0.2, 0) is 11.8 Å². The molecule has 1 unspecified atom stereocenters. The SMILES string of the molecule is Cc1ccc2c(N=CC(O)(CC(C)(C)c3cc(F)cc4c3OCC4)C(F)(F)F)c(Cl)ccc2n1. The quantitative estimate of drug-likeness (QED) is 0.320. The summed E-state index contributed by atoms with van der Waals surface area (Å²) < 4.78 is 62.4. The van der Waals surface area contributed by atoms with Crippen LogP contribution in [0.5, 0.6) is 5.75 Å². The van der Waals surface area contributed by atoms with E-state index in [1.165, 1.54) is 26.0 Å². The van der Waals surface area contributed by atoms with E-state index in [4.69, 9.17) is 16.3 Å². The third-order valence-corrected chi connectivity index (χ3v) is 6.32. The first-order chi connectivity index (χ1) is 15.8. The Labute approximate surface area is 199 Å². The summed E-state index contributed by atoms with van der Waals surface area (Å²) in [4.78, 5) is 8.34. The summed E-state index contributed by atoms with van der Waals surface area (Å²) in [5, 5.41) is 11.4. The third kappa shape index (κ3) is 4.49. The number of alkyl halides is 3. The number of pyridine rings is 1. The van der Waals surface area contributed by atoms with Crippen LogP contribution in [0.4, 0.5) is 23.2 Å². The number of rotatable bonds is 5. The average Bonchev–Trinajstić information content (AvgIpc) is 3.19. The largest absolute Gasteiger partial charge is 0.493 e. The number of halogens is 5. The second kappa shape index (κ2) is 8.50. The monoisotopic (exact) mass is 494 g/mol. The highest BCUT2D eigenvalue weighted by Gasteiger charge is 2.55. The molecule has 0 bridgehead atoms. The van der Waals surface area contributed by atoms with E-state index in [2.05, 4.69) is 9.98 Å². The van der Waals surface area contributed by atoms with Gasteiger partial charge in [0.05, 0.1) is 22.8 Å². The van der Waals surface area contributed by atoms with Gasteiger partial charge in [-0.2, -0.15) is 13.2 Å². The predicted molar refractivity (Wildman–Crippen MR) is 124 cm³/mol. The van der Waals surface area contributed by atoms with Crippen LogP contribution in [0.15, 0.2) is 41.4 Å². The zero-order valence-electron chi connectivity index (χ0n) is 18.8. The molecule has 2 heterocycles. The zero-order valence-corrected chi connectivity index (χ0v) is 19.6. The minimum Gasteiger partial charge on any atom is -0.493 e. The zero-order chi connectivity index (χ0) is 24.9. The molecule has 2 aromatic carbocycles. The van der Waals surface area contributed by atoms with Gasteiger partial charge < -0.3 is 9.84 Å². The van der Waals surface area contributed by atoms with Gasteiger partial charge in [0.25, 0.3) is 0 Å². The molecule has 0 saturated carbocycles. The first kappa shape index (κ1) is 24.4. The summed E-state index contributed by atoms with van der Waals surface area (Å²) in [6, 6.07) is 8.98. The molecule has 4 rings (SSSR count). The maximum Gasteiger partial charge on any atom is 0.422 e. The summed E-state index contributed by atoms with van der Waals surface area (Å²) in [5.41, 5.74) is -2.46.